The standard InChI is InChI=1S/C15H23NO3/c1-10-8-12(3)14(9-11(10)2)19-7-6-13(16-4)15(17)18-5/h8-9,13,16H,6-7H2,1-5H3. The van der Waals surface area contributed by atoms with E-state index in [1.165, 1.54) is 18.2 Å². The van der Waals surface area contributed by atoms with Crippen LogP contribution in [0.2, 0.25) is 0 Å². The monoisotopic (exact) mass is 265 g/mol. The first-order chi connectivity index (χ1) is 8.99. The highest BCUT2D eigenvalue weighted by Gasteiger charge is 2.16. The van der Waals surface area contributed by atoms with Gasteiger partial charge in [-0.2, -0.15) is 0 Å². The Morgan fingerprint density at radius 2 is 1.84 bits per heavy atom. The molecule has 0 amide bonds. The molecule has 106 valence electrons. The molecule has 1 atom stereocenters. The van der Waals surface area contributed by atoms with E-state index in [0.29, 0.717) is 13.0 Å². The van der Waals surface area contributed by atoms with Crippen molar-refractivity contribution in [2.24, 2.45) is 0 Å². The predicted molar refractivity (Wildman–Crippen MR) is 75.6 cm³/mol. The van der Waals surface area contributed by atoms with Crippen molar-refractivity contribution in [1.82, 2.24) is 5.32 Å². The molecule has 0 fully saturated rings. The van der Waals surface area contributed by atoms with Crippen molar-refractivity contribution in [2.45, 2.75) is 33.2 Å². The zero-order chi connectivity index (χ0) is 14.4. The normalized spacial score (nSPS) is 12.1. The van der Waals surface area contributed by atoms with Gasteiger partial charge in [0.05, 0.1) is 13.7 Å². The zero-order valence-electron chi connectivity index (χ0n) is 12.4. The Labute approximate surface area is 115 Å². The summed E-state index contributed by atoms with van der Waals surface area (Å²) in [5.41, 5.74) is 3.58. The maximum atomic E-state index is 11.4. The van der Waals surface area contributed by atoms with Gasteiger partial charge in [-0.15, -0.1) is 0 Å². The molecule has 0 heterocycles. The second-order valence-electron chi connectivity index (χ2n) is 4.70. The van der Waals surface area contributed by atoms with Crippen molar-refractivity contribution < 1.29 is 14.3 Å². The van der Waals surface area contributed by atoms with Crippen LogP contribution < -0.4 is 10.1 Å². The van der Waals surface area contributed by atoms with Crippen molar-refractivity contribution in [3.63, 3.8) is 0 Å². The molecule has 4 nitrogen and oxygen atoms in total. The van der Waals surface area contributed by atoms with E-state index >= 15 is 0 Å². The molecule has 1 rings (SSSR count). The molecular formula is C15H23NO3. The largest absolute Gasteiger partial charge is 0.493 e. The predicted octanol–water partition coefficient (Wildman–Crippen LogP) is 2.14. The van der Waals surface area contributed by atoms with E-state index in [2.05, 4.69) is 25.2 Å². The lowest BCUT2D eigenvalue weighted by molar-refractivity contribution is -0.143. The minimum Gasteiger partial charge on any atom is -0.493 e. The minimum atomic E-state index is -0.322. The molecule has 1 N–H and O–H groups in total. The van der Waals surface area contributed by atoms with Crippen molar-refractivity contribution >= 4 is 5.97 Å². The summed E-state index contributed by atoms with van der Waals surface area (Å²) in [6.45, 7) is 6.65. The third kappa shape index (κ3) is 4.24. The summed E-state index contributed by atoms with van der Waals surface area (Å²) >= 11 is 0. The number of nitrogens with one attached hydrogen (secondary N) is 1. The number of hydrogen-bond acceptors (Lipinski definition) is 4. The molecule has 0 bridgehead atoms. The molecule has 4 heteroatoms. The molecule has 0 aliphatic rings. The Morgan fingerprint density at radius 3 is 2.42 bits per heavy atom. The summed E-state index contributed by atoms with van der Waals surface area (Å²) in [5.74, 6) is 0.616. The van der Waals surface area contributed by atoms with E-state index in [4.69, 9.17) is 9.47 Å². The summed E-state index contributed by atoms with van der Waals surface area (Å²) in [6.07, 6.45) is 0.579. The Balaban J connectivity index is 2.58. The first-order valence-corrected chi connectivity index (χ1v) is 6.45. The van der Waals surface area contributed by atoms with Gasteiger partial charge in [0.15, 0.2) is 0 Å². The van der Waals surface area contributed by atoms with Crippen molar-refractivity contribution in [3.05, 3.63) is 28.8 Å². The summed E-state index contributed by atoms with van der Waals surface area (Å²) in [5, 5.41) is 2.92. The van der Waals surface area contributed by atoms with Crippen LogP contribution in [0.4, 0.5) is 0 Å². The molecule has 0 radical (unpaired) electrons. The summed E-state index contributed by atoms with van der Waals surface area (Å²) in [6, 6.07) is 3.83. The molecule has 1 unspecified atom stereocenters. The van der Waals surface area contributed by atoms with Gasteiger partial charge in [-0.05, 0) is 50.6 Å². The number of aryl methyl sites for hydroxylation is 3. The third-order valence-corrected chi connectivity index (χ3v) is 3.29. The van der Waals surface area contributed by atoms with E-state index in [0.717, 1.165) is 11.3 Å². The molecule has 1 aromatic rings. The quantitative estimate of drug-likeness (QED) is 0.801. The van der Waals surface area contributed by atoms with Gasteiger partial charge in [-0.3, -0.25) is 4.79 Å². The number of rotatable bonds is 6. The van der Waals surface area contributed by atoms with Gasteiger partial charge in [-0.1, -0.05) is 6.07 Å². The number of hydrogen-bond donors (Lipinski definition) is 1. The highest BCUT2D eigenvalue weighted by Crippen LogP contribution is 2.22. The SMILES string of the molecule is CNC(CCOc1cc(C)c(C)cc1C)C(=O)OC. The summed E-state index contributed by atoms with van der Waals surface area (Å²) in [4.78, 5) is 11.4. The molecule has 0 saturated heterocycles. The van der Waals surface area contributed by atoms with Crippen LogP contribution >= 0.6 is 0 Å². The second-order valence-corrected chi connectivity index (χ2v) is 4.70. The van der Waals surface area contributed by atoms with Gasteiger partial charge in [0, 0.05) is 6.42 Å². The van der Waals surface area contributed by atoms with Gasteiger partial charge >= 0.3 is 5.97 Å². The van der Waals surface area contributed by atoms with Crippen LogP contribution in [0.1, 0.15) is 23.1 Å². The lowest BCUT2D eigenvalue weighted by Crippen LogP contribution is -2.36. The number of methoxy groups -OCH3 is 1. The van der Waals surface area contributed by atoms with Crippen molar-refractivity contribution in [3.8, 4) is 5.75 Å². The smallest absolute Gasteiger partial charge is 0.322 e. The van der Waals surface area contributed by atoms with Gasteiger partial charge < -0.3 is 14.8 Å². The molecule has 0 saturated carbocycles. The van der Waals surface area contributed by atoms with Crippen LogP contribution in [0.15, 0.2) is 12.1 Å². The zero-order valence-corrected chi connectivity index (χ0v) is 12.4. The highest BCUT2D eigenvalue weighted by molar-refractivity contribution is 5.75. The maximum Gasteiger partial charge on any atom is 0.322 e. The molecule has 1 aromatic carbocycles. The van der Waals surface area contributed by atoms with E-state index in [1.807, 2.05) is 13.0 Å². The molecule has 0 aliphatic carbocycles. The van der Waals surface area contributed by atoms with Crippen LogP contribution in [-0.2, 0) is 9.53 Å². The lowest BCUT2D eigenvalue weighted by Gasteiger charge is -2.15. The summed E-state index contributed by atoms with van der Waals surface area (Å²) < 4.78 is 10.5. The van der Waals surface area contributed by atoms with Gasteiger partial charge in [-0.25, -0.2) is 0 Å². The van der Waals surface area contributed by atoms with Crippen LogP contribution in [0, 0.1) is 20.8 Å². The summed E-state index contributed by atoms with van der Waals surface area (Å²) in [7, 11) is 3.13. The number of benzene rings is 1. The average molecular weight is 265 g/mol. The number of ether oxygens (including phenoxy) is 2. The molecule has 0 aliphatic heterocycles. The van der Waals surface area contributed by atoms with Crippen LogP contribution in [0.5, 0.6) is 5.75 Å². The second kappa shape index (κ2) is 7.14. The molecule has 0 aromatic heterocycles. The third-order valence-electron chi connectivity index (χ3n) is 3.29. The van der Waals surface area contributed by atoms with Gasteiger partial charge in [0.25, 0.3) is 0 Å². The van der Waals surface area contributed by atoms with E-state index in [1.54, 1.807) is 7.05 Å². The first kappa shape index (κ1) is 15.5. The fourth-order valence-electron chi connectivity index (χ4n) is 1.90. The Kier molecular flexibility index (Phi) is 5.83. The van der Waals surface area contributed by atoms with Crippen LogP contribution in [-0.4, -0.2) is 32.8 Å². The fourth-order valence-corrected chi connectivity index (χ4v) is 1.90. The number of carbonyl (C=O) groups is 1. The first-order valence-electron chi connectivity index (χ1n) is 6.45. The van der Waals surface area contributed by atoms with Crippen LogP contribution in [0.3, 0.4) is 0 Å². The maximum absolute atomic E-state index is 11.4. The van der Waals surface area contributed by atoms with Crippen molar-refractivity contribution in [2.75, 3.05) is 20.8 Å². The lowest BCUT2D eigenvalue weighted by atomic mass is 10.1. The Bertz CT molecular complexity index is 443. The Morgan fingerprint density at radius 1 is 1.21 bits per heavy atom. The van der Waals surface area contributed by atoms with Gasteiger partial charge in [0.1, 0.15) is 11.8 Å². The molecule has 19 heavy (non-hydrogen) atoms. The molecular weight excluding hydrogens is 242 g/mol. The number of carbonyl (C=O) groups excluding carboxylic acids is 1. The van der Waals surface area contributed by atoms with E-state index in [9.17, 15) is 4.79 Å². The van der Waals surface area contributed by atoms with E-state index in [-0.39, 0.29) is 12.0 Å². The van der Waals surface area contributed by atoms with Crippen molar-refractivity contribution in [1.29, 1.82) is 0 Å². The van der Waals surface area contributed by atoms with Gasteiger partial charge in [0.2, 0.25) is 0 Å². The fraction of sp³-hybridized carbons (Fsp3) is 0.533. The number of likely N-dealkylation sites (N-methyl/N-ethyl adjacent to an activating group) is 1. The minimum absolute atomic E-state index is 0.261. The van der Waals surface area contributed by atoms with Crippen LogP contribution in [0.25, 0.3) is 0 Å². The Hall–Kier alpha value is -1.55. The topological polar surface area (TPSA) is 47.6 Å². The molecule has 0 spiro atoms. The number of esters is 1. The average Bonchev–Trinajstić information content (AvgIpc) is 2.39. The van der Waals surface area contributed by atoms with E-state index < -0.39 is 0 Å². The highest BCUT2D eigenvalue weighted by atomic mass is 16.5.